The average Bonchev–Trinajstić information content (AvgIpc) is 3.10. The maximum Gasteiger partial charge on any atom is 0.367 e. The van der Waals surface area contributed by atoms with E-state index in [0.717, 1.165) is 22.7 Å². The van der Waals surface area contributed by atoms with Crippen molar-refractivity contribution in [3.05, 3.63) is 22.6 Å². The third-order valence-corrected chi connectivity index (χ3v) is 4.38. The van der Waals surface area contributed by atoms with E-state index in [1.54, 1.807) is 6.08 Å². The zero-order chi connectivity index (χ0) is 16.8. The molecule has 0 radical (unpaired) electrons. The predicted molar refractivity (Wildman–Crippen MR) is 90.6 cm³/mol. The molecular weight excluding hydrogens is 316 g/mol. The second-order valence-corrected chi connectivity index (χ2v) is 6.39. The Morgan fingerprint density at radius 1 is 1.43 bits per heavy atom. The Labute approximate surface area is 139 Å². The van der Waals surface area contributed by atoms with Crippen LogP contribution in [0.2, 0.25) is 0 Å². The van der Waals surface area contributed by atoms with Crippen LogP contribution in [0.4, 0.5) is 5.00 Å². The van der Waals surface area contributed by atoms with Crippen molar-refractivity contribution < 1.29 is 19.2 Å². The molecule has 1 aromatic heterocycles. The molecule has 1 aliphatic heterocycles. The first-order valence-corrected chi connectivity index (χ1v) is 8.26. The number of ether oxygens (including phenoxy) is 1. The summed E-state index contributed by atoms with van der Waals surface area (Å²) in [6, 6.07) is 3.88. The molecule has 124 valence electrons. The summed E-state index contributed by atoms with van der Waals surface area (Å²) in [5, 5.41) is 4.77. The highest BCUT2D eigenvalue weighted by Crippen LogP contribution is 2.27. The largest absolute Gasteiger partial charge is 0.465 e. The Morgan fingerprint density at radius 3 is 2.87 bits per heavy atom. The lowest BCUT2D eigenvalue weighted by atomic mass is 10.1. The molecule has 23 heavy (non-hydrogen) atoms. The molecule has 0 unspecified atom stereocenters. The number of unbranched alkanes of at least 4 members (excludes halogenated alkanes) is 1. The average molecular weight is 336 g/mol. The van der Waals surface area contributed by atoms with E-state index in [0.29, 0.717) is 17.9 Å². The highest BCUT2D eigenvalue weighted by Gasteiger charge is 2.28. The fraction of sp³-hybridized carbons (Fsp3) is 0.438. The van der Waals surface area contributed by atoms with E-state index in [1.807, 2.05) is 38.1 Å². The summed E-state index contributed by atoms with van der Waals surface area (Å²) < 4.78 is 5.10. The van der Waals surface area contributed by atoms with Gasteiger partial charge in [0.25, 0.3) is 0 Å². The van der Waals surface area contributed by atoms with Crippen LogP contribution in [0.15, 0.2) is 22.9 Å². The van der Waals surface area contributed by atoms with Crippen LogP contribution in [-0.2, 0) is 19.2 Å². The Morgan fingerprint density at radius 2 is 2.22 bits per heavy atom. The number of anilines is 1. The molecule has 0 N–H and O–H groups in total. The molecule has 0 aromatic carbocycles. The number of hydrogen-bond acceptors (Lipinski definition) is 7. The van der Waals surface area contributed by atoms with E-state index in [4.69, 9.17) is 9.57 Å². The number of carbonyl (C=O) groups is 2. The summed E-state index contributed by atoms with van der Waals surface area (Å²) in [4.78, 5) is 31.2. The Bertz CT molecular complexity index is 646. The molecule has 0 spiro atoms. The first-order chi connectivity index (χ1) is 11.0. The van der Waals surface area contributed by atoms with E-state index < -0.39 is 11.9 Å². The second-order valence-electron chi connectivity index (χ2n) is 5.30. The van der Waals surface area contributed by atoms with Gasteiger partial charge in [0.15, 0.2) is 0 Å². The zero-order valence-electron chi connectivity index (χ0n) is 13.5. The summed E-state index contributed by atoms with van der Waals surface area (Å²) in [7, 11) is 3.90. The molecule has 1 aliphatic rings. The molecule has 0 amide bonds. The minimum absolute atomic E-state index is 0.0623. The van der Waals surface area contributed by atoms with E-state index in [-0.39, 0.29) is 6.42 Å². The third kappa shape index (κ3) is 4.66. The molecule has 0 atom stereocenters. The number of hydrogen-bond donors (Lipinski definition) is 0. The minimum Gasteiger partial charge on any atom is -0.465 e. The zero-order valence-corrected chi connectivity index (χ0v) is 14.3. The van der Waals surface area contributed by atoms with E-state index in [2.05, 4.69) is 5.16 Å². The van der Waals surface area contributed by atoms with Gasteiger partial charge in [-0.2, -0.15) is 0 Å². The Balaban J connectivity index is 2.06. The van der Waals surface area contributed by atoms with Crippen molar-refractivity contribution in [2.45, 2.75) is 26.2 Å². The SMILES string of the molecule is CCCCOC(=O)CC1=NOC(=O)C1=Cc1ccc(N(C)C)s1. The molecule has 0 saturated heterocycles. The molecule has 7 heteroatoms. The lowest BCUT2D eigenvalue weighted by Gasteiger charge is -2.06. The topological polar surface area (TPSA) is 68.2 Å². The number of thiophene rings is 1. The van der Waals surface area contributed by atoms with E-state index in [9.17, 15) is 9.59 Å². The van der Waals surface area contributed by atoms with Crippen LogP contribution < -0.4 is 4.90 Å². The molecule has 6 nitrogen and oxygen atoms in total. The van der Waals surface area contributed by atoms with Gasteiger partial charge in [0.2, 0.25) is 0 Å². The summed E-state index contributed by atoms with van der Waals surface area (Å²) in [6.45, 7) is 2.40. The van der Waals surface area contributed by atoms with Crippen LogP contribution in [0, 0.1) is 0 Å². The van der Waals surface area contributed by atoms with Crippen molar-refractivity contribution >= 4 is 40.1 Å². The summed E-state index contributed by atoms with van der Waals surface area (Å²) in [6.07, 6.45) is 3.41. The molecule has 0 saturated carbocycles. The quantitative estimate of drug-likeness (QED) is 0.331. The highest BCUT2D eigenvalue weighted by atomic mass is 32.1. The molecule has 0 aliphatic carbocycles. The number of nitrogens with zero attached hydrogens (tertiary/aromatic N) is 2. The van der Waals surface area contributed by atoms with Gasteiger partial charge in [-0.1, -0.05) is 18.5 Å². The lowest BCUT2D eigenvalue weighted by Crippen LogP contribution is -2.14. The molecule has 0 fully saturated rings. The summed E-state index contributed by atoms with van der Waals surface area (Å²) >= 11 is 1.54. The molecular formula is C16H20N2O4S. The first-order valence-electron chi connectivity index (χ1n) is 7.44. The molecule has 1 aromatic rings. The van der Waals surface area contributed by atoms with Crippen molar-refractivity contribution in [2.75, 3.05) is 25.6 Å². The van der Waals surface area contributed by atoms with E-state index >= 15 is 0 Å². The lowest BCUT2D eigenvalue weighted by molar-refractivity contribution is -0.142. The van der Waals surface area contributed by atoms with Crippen LogP contribution in [0.5, 0.6) is 0 Å². The van der Waals surface area contributed by atoms with E-state index in [1.165, 1.54) is 11.3 Å². The van der Waals surface area contributed by atoms with Crippen molar-refractivity contribution in [1.29, 1.82) is 0 Å². The van der Waals surface area contributed by atoms with Crippen molar-refractivity contribution in [2.24, 2.45) is 5.16 Å². The number of oxime groups is 1. The van der Waals surface area contributed by atoms with Gasteiger partial charge in [0, 0.05) is 19.0 Å². The van der Waals surface area contributed by atoms with Gasteiger partial charge < -0.3 is 14.5 Å². The van der Waals surface area contributed by atoms with Crippen LogP contribution in [0.25, 0.3) is 6.08 Å². The third-order valence-electron chi connectivity index (χ3n) is 3.18. The number of rotatable bonds is 7. The standard InChI is InChI=1S/C16H20N2O4S/c1-4-5-8-21-15(19)10-13-12(16(20)22-17-13)9-11-6-7-14(23-11)18(2)3/h6-7,9H,4-5,8,10H2,1-3H3. The minimum atomic E-state index is -0.541. The van der Waals surface area contributed by atoms with Crippen LogP contribution in [0.3, 0.4) is 0 Å². The maximum atomic E-state index is 11.8. The van der Waals surface area contributed by atoms with Crippen LogP contribution in [0.1, 0.15) is 31.1 Å². The van der Waals surface area contributed by atoms with Crippen molar-refractivity contribution in [3.8, 4) is 0 Å². The smallest absolute Gasteiger partial charge is 0.367 e. The Kier molecular flexibility index (Phi) is 5.92. The van der Waals surface area contributed by atoms with Gasteiger partial charge in [0.05, 0.1) is 23.6 Å². The predicted octanol–water partition coefficient (Wildman–Crippen LogP) is 2.84. The highest BCUT2D eigenvalue weighted by molar-refractivity contribution is 7.17. The normalized spacial score (nSPS) is 15.5. The van der Waals surface area contributed by atoms with Crippen molar-refractivity contribution in [3.63, 3.8) is 0 Å². The van der Waals surface area contributed by atoms with Gasteiger partial charge in [-0.15, -0.1) is 11.3 Å². The van der Waals surface area contributed by atoms with Gasteiger partial charge >= 0.3 is 11.9 Å². The fourth-order valence-electron chi connectivity index (χ4n) is 1.90. The Hall–Kier alpha value is -2.15. The van der Waals surface area contributed by atoms with Gasteiger partial charge in [0.1, 0.15) is 5.71 Å². The van der Waals surface area contributed by atoms with Crippen LogP contribution >= 0.6 is 11.3 Å². The number of carbonyl (C=O) groups excluding carboxylic acids is 2. The van der Waals surface area contributed by atoms with Gasteiger partial charge in [-0.3, -0.25) is 4.79 Å². The first kappa shape index (κ1) is 17.2. The second kappa shape index (κ2) is 7.92. The maximum absolute atomic E-state index is 11.8. The monoisotopic (exact) mass is 336 g/mol. The van der Waals surface area contributed by atoms with Gasteiger partial charge in [-0.05, 0) is 24.6 Å². The summed E-state index contributed by atoms with van der Waals surface area (Å²) in [5.41, 5.74) is 0.626. The number of esters is 1. The molecule has 2 rings (SSSR count). The fourth-order valence-corrected chi connectivity index (χ4v) is 2.78. The molecule has 2 heterocycles. The van der Waals surface area contributed by atoms with Gasteiger partial charge in [-0.25, -0.2) is 4.79 Å². The summed E-state index contributed by atoms with van der Waals surface area (Å²) in [5.74, 6) is -0.942. The van der Waals surface area contributed by atoms with Crippen molar-refractivity contribution in [1.82, 2.24) is 0 Å². The van der Waals surface area contributed by atoms with Crippen LogP contribution in [-0.4, -0.2) is 38.4 Å². The molecule has 0 bridgehead atoms.